The second-order valence-corrected chi connectivity index (χ2v) is 4.48. The van der Waals surface area contributed by atoms with Crippen molar-refractivity contribution in [2.75, 3.05) is 12.4 Å². The topological polar surface area (TPSA) is 38.3 Å². The molecule has 0 atom stereocenters. The van der Waals surface area contributed by atoms with E-state index in [9.17, 15) is 9.18 Å². The lowest BCUT2D eigenvalue weighted by molar-refractivity contribution is -0.110. The maximum atomic E-state index is 13.3. The van der Waals surface area contributed by atoms with Gasteiger partial charge >= 0.3 is 0 Å². The molecule has 3 rings (SSSR count). The van der Waals surface area contributed by atoms with E-state index in [0.29, 0.717) is 22.6 Å². The molecule has 4 heteroatoms. The zero-order valence-electron chi connectivity index (χ0n) is 10.8. The minimum Gasteiger partial charge on any atom is -0.497 e. The second kappa shape index (κ2) is 4.81. The predicted molar refractivity (Wildman–Crippen MR) is 75.9 cm³/mol. The van der Waals surface area contributed by atoms with Gasteiger partial charge in [0.25, 0.3) is 5.91 Å². The molecule has 1 aliphatic heterocycles. The molecule has 20 heavy (non-hydrogen) atoms. The molecule has 0 spiro atoms. The van der Waals surface area contributed by atoms with Crippen LogP contribution in [0.3, 0.4) is 0 Å². The molecule has 100 valence electrons. The van der Waals surface area contributed by atoms with Gasteiger partial charge in [-0.25, -0.2) is 4.39 Å². The Labute approximate surface area is 115 Å². The van der Waals surface area contributed by atoms with E-state index < -0.39 is 0 Å². The Bertz CT molecular complexity index is 722. The summed E-state index contributed by atoms with van der Waals surface area (Å²) in [5.74, 6) is 0.113. The standard InChI is InChI=1S/C16H12FNO2/c1-20-12-4-2-3-10(7-12)8-14-13-9-11(17)5-6-15(13)18-16(14)19/h2-9H,1H3,(H,18,19). The van der Waals surface area contributed by atoms with E-state index in [2.05, 4.69) is 5.32 Å². The SMILES string of the molecule is COc1cccc(C=C2C(=O)Nc3ccc(F)cc32)c1. The number of fused-ring (bicyclic) bond motifs is 1. The van der Waals surface area contributed by atoms with Crippen molar-refractivity contribution in [1.29, 1.82) is 0 Å². The molecule has 0 saturated carbocycles. The first kappa shape index (κ1) is 12.4. The first-order valence-electron chi connectivity index (χ1n) is 6.14. The Kier molecular flexibility index (Phi) is 2.99. The zero-order valence-corrected chi connectivity index (χ0v) is 10.8. The summed E-state index contributed by atoms with van der Waals surface area (Å²) < 4.78 is 18.5. The van der Waals surface area contributed by atoms with Gasteiger partial charge in [0, 0.05) is 16.8 Å². The molecule has 0 aliphatic carbocycles. The molecule has 1 aliphatic rings. The number of methoxy groups -OCH3 is 1. The van der Waals surface area contributed by atoms with Crippen LogP contribution in [0, 0.1) is 5.82 Å². The molecule has 0 saturated heterocycles. The number of hydrogen-bond donors (Lipinski definition) is 1. The largest absolute Gasteiger partial charge is 0.497 e. The van der Waals surface area contributed by atoms with E-state index in [-0.39, 0.29) is 11.7 Å². The van der Waals surface area contributed by atoms with Gasteiger partial charge in [0.2, 0.25) is 0 Å². The smallest absolute Gasteiger partial charge is 0.256 e. The summed E-state index contributed by atoms with van der Waals surface area (Å²) in [6.45, 7) is 0. The van der Waals surface area contributed by atoms with Gasteiger partial charge in [-0.1, -0.05) is 12.1 Å². The Morgan fingerprint density at radius 2 is 2.05 bits per heavy atom. The van der Waals surface area contributed by atoms with Crippen LogP contribution in [0.4, 0.5) is 10.1 Å². The van der Waals surface area contributed by atoms with Gasteiger partial charge in [-0.3, -0.25) is 4.79 Å². The van der Waals surface area contributed by atoms with Crippen molar-refractivity contribution in [2.24, 2.45) is 0 Å². The van der Waals surface area contributed by atoms with E-state index >= 15 is 0 Å². The molecule has 1 N–H and O–H groups in total. The van der Waals surface area contributed by atoms with Gasteiger partial charge < -0.3 is 10.1 Å². The van der Waals surface area contributed by atoms with Crippen molar-refractivity contribution in [3.8, 4) is 5.75 Å². The van der Waals surface area contributed by atoms with Crippen molar-refractivity contribution in [1.82, 2.24) is 0 Å². The maximum Gasteiger partial charge on any atom is 0.256 e. The molecule has 3 nitrogen and oxygen atoms in total. The van der Waals surface area contributed by atoms with Crippen LogP contribution in [0.2, 0.25) is 0 Å². The lowest BCUT2D eigenvalue weighted by atomic mass is 10.0. The first-order valence-corrected chi connectivity index (χ1v) is 6.14. The van der Waals surface area contributed by atoms with Crippen LogP contribution in [-0.2, 0) is 4.79 Å². The summed E-state index contributed by atoms with van der Waals surface area (Å²) in [6.07, 6.45) is 1.73. The van der Waals surface area contributed by atoms with Crippen molar-refractivity contribution in [2.45, 2.75) is 0 Å². The fraction of sp³-hybridized carbons (Fsp3) is 0.0625. The van der Waals surface area contributed by atoms with Crippen molar-refractivity contribution in [3.63, 3.8) is 0 Å². The molecule has 1 amide bonds. The summed E-state index contributed by atoms with van der Waals surface area (Å²) in [7, 11) is 1.58. The molecular formula is C16H12FNO2. The van der Waals surface area contributed by atoms with E-state index in [1.165, 1.54) is 12.1 Å². The molecule has 2 aromatic carbocycles. The second-order valence-electron chi connectivity index (χ2n) is 4.48. The lowest BCUT2D eigenvalue weighted by Crippen LogP contribution is -2.03. The Morgan fingerprint density at radius 1 is 1.20 bits per heavy atom. The molecule has 1 heterocycles. The van der Waals surface area contributed by atoms with E-state index in [0.717, 1.165) is 5.56 Å². The van der Waals surface area contributed by atoms with Gasteiger partial charge in [-0.2, -0.15) is 0 Å². The Balaban J connectivity index is 2.08. The third-order valence-electron chi connectivity index (χ3n) is 3.17. The van der Waals surface area contributed by atoms with E-state index in [4.69, 9.17) is 4.74 Å². The normalized spacial score (nSPS) is 15.1. The molecule has 0 bridgehead atoms. The highest BCUT2D eigenvalue weighted by Crippen LogP contribution is 2.33. The number of benzene rings is 2. The van der Waals surface area contributed by atoms with Crippen molar-refractivity contribution < 1.29 is 13.9 Å². The van der Waals surface area contributed by atoms with E-state index in [1.54, 1.807) is 19.3 Å². The third kappa shape index (κ3) is 2.16. The summed E-state index contributed by atoms with van der Waals surface area (Å²) >= 11 is 0. The highest BCUT2D eigenvalue weighted by molar-refractivity contribution is 6.34. The highest BCUT2D eigenvalue weighted by Gasteiger charge is 2.24. The predicted octanol–water partition coefficient (Wildman–Crippen LogP) is 3.33. The molecule has 0 fully saturated rings. The van der Waals surface area contributed by atoms with Crippen LogP contribution in [0.25, 0.3) is 11.6 Å². The fourth-order valence-corrected chi connectivity index (χ4v) is 2.20. The molecule has 0 aromatic heterocycles. The summed E-state index contributed by atoms with van der Waals surface area (Å²) in [5, 5.41) is 2.72. The number of carbonyl (C=O) groups is 1. The van der Waals surface area contributed by atoms with Crippen molar-refractivity contribution >= 4 is 23.2 Å². The van der Waals surface area contributed by atoms with Crippen LogP contribution < -0.4 is 10.1 Å². The molecule has 2 aromatic rings. The fourth-order valence-electron chi connectivity index (χ4n) is 2.20. The quantitative estimate of drug-likeness (QED) is 0.849. The monoisotopic (exact) mass is 269 g/mol. The molecule has 0 unspecified atom stereocenters. The average Bonchev–Trinajstić information content (AvgIpc) is 2.75. The number of amides is 1. The summed E-state index contributed by atoms with van der Waals surface area (Å²) in [4.78, 5) is 12.0. The van der Waals surface area contributed by atoms with Crippen LogP contribution in [0.1, 0.15) is 11.1 Å². The van der Waals surface area contributed by atoms with Gasteiger partial charge in [0.15, 0.2) is 0 Å². The molecule has 0 radical (unpaired) electrons. The van der Waals surface area contributed by atoms with Gasteiger partial charge in [-0.05, 0) is 42.0 Å². The maximum absolute atomic E-state index is 13.3. The Morgan fingerprint density at radius 3 is 2.85 bits per heavy atom. The van der Waals surface area contributed by atoms with Crippen LogP contribution >= 0.6 is 0 Å². The lowest BCUT2D eigenvalue weighted by Gasteiger charge is -2.02. The van der Waals surface area contributed by atoms with Gasteiger partial charge in [0.05, 0.1) is 7.11 Å². The third-order valence-corrected chi connectivity index (χ3v) is 3.17. The van der Waals surface area contributed by atoms with E-state index in [1.807, 2.05) is 24.3 Å². The van der Waals surface area contributed by atoms with Crippen LogP contribution in [0.15, 0.2) is 42.5 Å². The summed E-state index contributed by atoms with van der Waals surface area (Å²) in [6, 6.07) is 11.6. The number of anilines is 1. The average molecular weight is 269 g/mol. The van der Waals surface area contributed by atoms with Crippen LogP contribution in [0.5, 0.6) is 5.75 Å². The molecular weight excluding hydrogens is 257 g/mol. The minimum absolute atomic E-state index is 0.228. The first-order chi connectivity index (χ1) is 9.67. The number of halogens is 1. The number of nitrogens with one attached hydrogen (secondary N) is 1. The highest BCUT2D eigenvalue weighted by atomic mass is 19.1. The van der Waals surface area contributed by atoms with Crippen molar-refractivity contribution in [3.05, 3.63) is 59.4 Å². The number of ether oxygens (including phenoxy) is 1. The number of rotatable bonds is 2. The van der Waals surface area contributed by atoms with Crippen LogP contribution in [-0.4, -0.2) is 13.0 Å². The zero-order chi connectivity index (χ0) is 14.1. The van der Waals surface area contributed by atoms with Gasteiger partial charge in [-0.15, -0.1) is 0 Å². The Hall–Kier alpha value is -2.62. The van der Waals surface area contributed by atoms with Gasteiger partial charge in [0.1, 0.15) is 11.6 Å². The number of hydrogen-bond acceptors (Lipinski definition) is 2. The summed E-state index contributed by atoms with van der Waals surface area (Å²) in [5.41, 5.74) is 2.49. The number of carbonyl (C=O) groups excluding carboxylic acids is 1. The minimum atomic E-state index is -0.364.